The third-order valence-corrected chi connectivity index (χ3v) is 3.68. The third kappa shape index (κ3) is 39.0. The van der Waals surface area contributed by atoms with Crippen LogP contribution in [0.25, 0.3) is 10.6 Å². The first-order valence-electron chi connectivity index (χ1n) is 10.1. The summed E-state index contributed by atoms with van der Waals surface area (Å²) in [6.45, 7) is 13.3. The zero-order valence-corrected chi connectivity index (χ0v) is 22.0. The third-order valence-electron chi connectivity index (χ3n) is 3.68. The van der Waals surface area contributed by atoms with E-state index < -0.39 is 0 Å². The van der Waals surface area contributed by atoms with E-state index in [1.54, 1.807) is 0 Å². The van der Waals surface area contributed by atoms with Crippen LogP contribution in [0.3, 0.4) is 0 Å². The van der Waals surface area contributed by atoms with Crippen molar-refractivity contribution in [2.45, 2.75) is 105 Å². The van der Waals surface area contributed by atoms with Crippen molar-refractivity contribution in [1.82, 2.24) is 0 Å². The Hall–Kier alpha value is 1.75. The second-order valence-corrected chi connectivity index (χ2v) is 6.17. The Bertz CT molecular complexity index is 138. The van der Waals surface area contributed by atoms with E-state index in [1.807, 2.05) is 0 Å². The maximum Gasteiger partial charge on any atom is 0 e. The summed E-state index contributed by atoms with van der Waals surface area (Å²) in [6, 6.07) is 0. The summed E-state index contributed by atoms with van der Waals surface area (Å²) >= 11 is 0. The van der Waals surface area contributed by atoms with Gasteiger partial charge in [0, 0.05) is 40.8 Å². The molecular weight excluding hydrogens is 492 g/mol. The van der Waals surface area contributed by atoms with Crippen LogP contribution in [0.15, 0.2) is 0 Å². The fraction of sp³-hybridized carbons (Fsp3) is 1.00. The molecule has 0 aromatic rings. The summed E-state index contributed by atoms with van der Waals surface area (Å²) in [6.07, 6.45) is 15.8. The zero-order chi connectivity index (χ0) is 16.7. The van der Waals surface area contributed by atoms with Crippen LogP contribution in [0, 0.1) is 40.8 Å². The molecule has 0 spiro atoms. The van der Waals surface area contributed by atoms with Gasteiger partial charge in [0.15, 0.2) is 0 Å². The smallest absolute Gasteiger partial charge is 0 e. The predicted octanol–water partition coefficient (Wildman–Crippen LogP) is 8.06. The normalized spacial score (nSPS) is 9.50. The van der Waals surface area contributed by atoms with Crippen LogP contribution in [0.5, 0.6) is 0 Å². The van der Waals surface area contributed by atoms with Gasteiger partial charge >= 0.3 is 0 Å². The van der Waals surface area contributed by atoms with Gasteiger partial charge in [-0.2, -0.15) is 0 Å². The quantitative estimate of drug-likeness (QED) is 0.178. The Morgan fingerprint density at radius 3 is 0.792 bits per heavy atom. The molecule has 0 saturated heterocycles. The Balaban J connectivity index is -0.000000154. The molecule has 0 bridgehead atoms. The molecule has 0 radical (unpaired) electrons. The van der Waals surface area contributed by atoms with E-state index >= 15 is 0 Å². The minimum atomic E-state index is 0. The van der Waals surface area contributed by atoms with Crippen molar-refractivity contribution in [3.05, 3.63) is 10.6 Å². The molecule has 148 valence electrons. The molecule has 0 aliphatic carbocycles. The van der Waals surface area contributed by atoms with Crippen molar-refractivity contribution in [1.29, 1.82) is 0 Å². The van der Waals surface area contributed by atoms with Gasteiger partial charge in [-0.1, -0.05) is 105 Å². The molecular formula is C20H45BrN2Nd-2. The van der Waals surface area contributed by atoms with E-state index in [9.17, 15) is 0 Å². The first-order chi connectivity index (χ1) is 10.8. The standard InChI is InChI=1S/2C10H22N.BrH.Nd/c2*1-3-5-7-9-11-10-8-6-4-2;;/h2*3-10H2,1-2H3;1H;/q2*-1;;. The van der Waals surface area contributed by atoms with Gasteiger partial charge in [-0.3, -0.25) is 0 Å². The van der Waals surface area contributed by atoms with Gasteiger partial charge in [0.25, 0.3) is 0 Å². The van der Waals surface area contributed by atoms with Crippen LogP contribution in [-0.2, 0) is 0 Å². The summed E-state index contributed by atoms with van der Waals surface area (Å²) in [7, 11) is 0. The van der Waals surface area contributed by atoms with Crippen molar-refractivity contribution in [3.8, 4) is 0 Å². The van der Waals surface area contributed by atoms with Crippen molar-refractivity contribution < 1.29 is 40.8 Å². The van der Waals surface area contributed by atoms with Gasteiger partial charge in [-0.15, -0.1) is 43.2 Å². The van der Waals surface area contributed by atoms with Gasteiger partial charge in [-0.25, -0.2) is 0 Å². The van der Waals surface area contributed by atoms with Crippen LogP contribution in [0.1, 0.15) is 105 Å². The molecule has 0 rings (SSSR count). The average molecular weight is 538 g/mol. The largest absolute Gasteiger partial charge is 0.662 e. The summed E-state index contributed by atoms with van der Waals surface area (Å²) in [5.74, 6) is 0. The number of hydrogen-bond acceptors (Lipinski definition) is 0. The molecule has 0 fully saturated rings. The molecule has 0 aromatic heterocycles. The second-order valence-electron chi connectivity index (χ2n) is 6.17. The number of nitrogens with zero attached hydrogens (tertiary/aromatic N) is 2. The van der Waals surface area contributed by atoms with Crippen molar-refractivity contribution in [3.63, 3.8) is 0 Å². The van der Waals surface area contributed by atoms with E-state index in [1.165, 1.54) is 77.0 Å². The van der Waals surface area contributed by atoms with E-state index in [0.29, 0.717) is 0 Å². The molecule has 0 heterocycles. The number of unbranched alkanes of at least 4 members (excludes halogenated alkanes) is 8. The Kier molecular flexibility index (Phi) is 49.7. The molecule has 0 unspecified atom stereocenters. The maximum atomic E-state index is 4.45. The van der Waals surface area contributed by atoms with Crippen molar-refractivity contribution in [2.24, 2.45) is 0 Å². The van der Waals surface area contributed by atoms with E-state index in [2.05, 4.69) is 38.3 Å². The van der Waals surface area contributed by atoms with Crippen molar-refractivity contribution in [2.75, 3.05) is 26.2 Å². The topological polar surface area (TPSA) is 28.2 Å². The molecule has 0 saturated carbocycles. The minimum absolute atomic E-state index is 0. The van der Waals surface area contributed by atoms with Gasteiger partial charge < -0.3 is 10.6 Å². The van der Waals surface area contributed by atoms with Crippen LogP contribution in [0.4, 0.5) is 0 Å². The number of rotatable bonds is 16. The summed E-state index contributed by atoms with van der Waals surface area (Å²) in [5.41, 5.74) is 0. The fourth-order valence-corrected chi connectivity index (χ4v) is 2.12. The van der Waals surface area contributed by atoms with E-state index in [4.69, 9.17) is 0 Å². The first-order valence-corrected chi connectivity index (χ1v) is 10.1. The summed E-state index contributed by atoms with van der Waals surface area (Å²) in [5, 5.41) is 8.89. The van der Waals surface area contributed by atoms with Crippen molar-refractivity contribution >= 4 is 17.0 Å². The molecule has 0 N–H and O–H groups in total. The summed E-state index contributed by atoms with van der Waals surface area (Å²) in [4.78, 5) is 0. The van der Waals surface area contributed by atoms with Crippen LogP contribution in [-0.4, -0.2) is 26.2 Å². The SMILES string of the molecule is Br.CCCCC[N-]CCCCC.CCCCC[N-]CCCCC.[Nd]. The van der Waals surface area contributed by atoms with Crippen LogP contribution < -0.4 is 0 Å². The molecule has 0 atom stereocenters. The molecule has 0 aliphatic heterocycles. The fourth-order valence-electron chi connectivity index (χ4n) is 2.12. The Labute approximate surface area is 197 Å². The van der Waals surface area contributed by atoms with Gasteiger partial charge in [0.2, 0.25) is 0 Å². The van der Waals surface area contributed by atoms with Crippen LogP contribution >= 0.6 is 17.0 Å². The molecule has 0 aliphatic rings. The number of hydrogen-bond donors (Lipinski definition) is 0. The predicted molar refractivity (Wildman–Crippen MR) is 115 cm³/mol. The molecule has 4 heteroatoms. The van der Waals surface area contributed by atoms with E-state index in [0.717, 1.165) is 26.2 Å². The van der Waals surface area contributed by atoms with E-state index in [-0.39, 0.29) is 57.8 Å². The Morgan fingerprint density at radius 1 is 0.417 bits per heavy atom. The second kappa shape index (κ2) is 35.8. The molecule has 24 heavy (non-hydrogen) atoms. The minimum Gasteiger partial charge on any atom is -0.662 e. The Morgan fingerprint density at radius 2 is 0.625 bits per heavy atom. The molecule has 0 amide bonds. The number of halogens is 1. The van der Waals surface area contributed by atoms with Gasteiger partial charge in [-0.05, 0) is 0 Å². The molecule has 0 aromatic carbocycles. The van der Waals surface area contributed by atoms with Crippen LogP contribution in [0.2, 0.25) is 0 Å². The molecule has 2 nitrogen and oxygen atoms in total. The van der Waals surface area contributed by atoms with Gasteiger partial charge in [0.1, 0.15) is 0 Å². The first kappa shape index (κ1) is 33.3. The average Bonchev–Trinajstić information content (AvgIpc) is 2.54. The zero-order valence-electron chi connectivity index (χ0n) is 17.1. The summed E-state index contributed by atoms with van der Waals surface area (Å²) < 4.78 is 0. The van der Waals surface area contributed by atoms with Gasteiger partial charge in [0.05, 0.1) is 0 Å². The maximum absolute atomic E-state index is 4.45. The monoisotopic (exact) mass is 534 g/mol.